The minimum Gasteiger partial charge on any atom is -0.454 e. The highest BCUT2D eigenvalue weighted by Gasteiger charge is 2.36. The predicted octanol–water partition coefficient (Wildman–Crippen LogP) is 4.27. The second-order valence-corrected chi connectivity index (χ2v) is 14.9. The number of hydrogen-bond acceptors (Lipinski definition) is 13. The third-order valence-corrected chi connectivity index (χ3v) is 11.7. The van der Waals surface area contributed by atoms with Gasteiger partial charge in [0.1, 0.15) is 10.6 Å². The van der Waals surface area contributed by atoms with Crippen molar-refractivity contribution in [2.24, 2.45) is 11.0 Å². The van der Waals surface area contributed by atoms with Crippen LogP contribution in [0.5, 0.6) is 11.5 Å². The van der Waals surface area contributed by atoms with Crippen molar-refractivity contribution in [3.8, 4) is 11.5 Å². The number of piperazine rings is 1. The maximum absolute atomic E-state index is 13.9. The molecule has 282 valence electrons. The number of carbonyl (C=O) groups excluding carboxylic acids is 1. The van der Waals surface area contributed by atoms with Crippen LogP contribution in [0.25, 0.3) is 0 Å². The van der Waals surface area contributed by atoms with Crippen molar-refractivity contribution in [3.05, 3.63) is 86.0 Å². The van der Waals surface area contributed by atoms with Crippen molar-refractivity contribution in [1.82, 2.24) is 14.1 Å². The highest BCUT2D eigenvalue weighted by Crippen LogP contribution is 2.35. The molecule has 2 fully saturated rings. The van der Waals surface area contributed by atoms with E-state index >= 15 is 0 Å². The summed E-state index contributed by atoms with van der Waals surface area (Å²) in [4.78, 5) is 41.3. The van der Waals surface area contributed by atoms with Gasteiger partial charge in [0.25, 0.3) is 11.4 Å². The predicted molar refractivity (Wildman–Crippen MR) is 197 cm³/mol. The van der Waals surface area contributed by atoms with Gasteiger partial charge in [0.15, 0.2) is 11.5 Å². The first-order valence-electron chi connectivity index (χ1n) is 17.5. The first-order chi connectivity index (χ1) is 25.5. The molecular formula is C35H42N8O9S. The molecule has 2 saturated heterocycles. The molecule has 3 aromatic carbocycles. The molecule has 3 aliphatic heterocycles. The van der Waals surface area contributed by atoms with Crippen LogP contribution in [0, 0.1) is 26.1 Å². The Morgan fingerprint density at radius 1 is 0.962 bits per heavy atom. The third kappa shape index (κ3) is 8.34. The summed E-state index contributed by atoms with van der Waals surface area (Å²) in [6.45, 7) is 8.32. The standard InChI is InChI=1S/C35H42N8O9S/c1-3-39(4-2)35(44)27-6-5-13-41(23-27)53(49,50)34-20-28(42(45)46)9-10-29(34)37-36-21-25-7-11-30(31(18-25)43(47)48)40-16-14-38(15-17-40)22-26-8-12-32-33(19-26)52-24-51-32/h7-12,18-21,27,37H,3-6,13-17,22-24H2,1-2H3/b36-21-/t27-/m1/s1. The average Bonchev–Trinajstić information content (AvgIpc) is 3.64. The van der Waals surface area contributed by atoms with E-state index in [1.54, 1.807) is 17.0 Å². The summed E-state index contributed by atoms with van der Waals surface area (Å²) in [7, 11) is -4.30. The lowest BCUT2D eigenvalue weighted by Crippen LogP contribution is -2.46. The Labute approximate surface area is 307 Å². The van der Waals surface area contributed by atoms with Crippen LogP contribution in [-0.2, 0) is 21.4 Å². The summed E-state index contributed by atoms with van der Waals surface area (Å²) in [6, 6.07) is 14.0. The summed E-state index contributed by atoms with van der Waals surface area (Å²) in [5.41, 5.74) is 4.08. The fourth-order valence-corrected chi connectivity index (χ4v) is 8.57. The van der Waals surface area contributed by atoms with Gasteiger partial charge in [-0.05, 0) is 56.5 Å². The summed E-state index contributed by atoms with van der Waals surface area (Å²) in [6.07, 6.45) is 2.31. The number of nitrogens with zero attached hydrogens (tertiary/aromatic N) is 7. The largest absolute Gasteiger partial charge is 0.454 e. The number of carbonyl (C=O) groups is 1. The quantitative estimate of drug-likeness (QED) is 0.148. The van der Waals surface area contributed by atoms with Gasteiger partial charge in [-0.1, -0.05) is 12.1 Å². The second-order valence-electron chi connectivity index (χ2n) is 13.0. The number of hydrogen-bond donors (Lipinski definition) is 1. The Morgan fingerprint density at radius 3 is 2.43 bits per heavy atom. The molecule has 6 rings (SSSR count). The number of fused-ring (bicyclic) bond motifs is 1. The fourth-order valence-electron chi connectivity index (χ4n) is 6.88. The normalized spacial score (nSPS) is 17.9. The molecule has 1 amide bonds. The molecule has 1 atom stereocenters. The zero-order valence-electron chi connectivity index (χ0n) is 29.5. The van der Waals surface area contributed by atoms with Gasteiger partial charge >= 0.3 is 0 Å². The molecule has 0 spiro atoms. The first kappa shape index (κ1) is 37.4. The number of nitro groups is 2. The van der Waals surface area contributed by atoms with Gasteiger partial charge in [-0.25, -0.2) is 8.42 Å². The number of nitrogens with one attached hydrogen (secondary N) is 1. The van der Waals surface area contributed by atoms with E-state index in [0.717, 1.165) is 29.2 Å². The highest BCUT2D eigenvalue weighted by atomic mass is 32.2. The molecule has 3 aliphatic rings. The Bertz CT molecular complexity index is 2000. The van der Waals surface area contributed by atoms with Crippen molar-refractivity contribution in [1.29, 1.82) is 0 Å². The zero-order chi connectivity index (χ0) is 37.7. The van der Waals surface area contributed by atoms with Gasteiger partial charge in [0, 0.05) is 82.7 Å². The summed E-state index contributed by atoms with van der Waals surface area (Å²) in [5.74, 6) is 0.795. The van der Waals surface area contributed by atoms with E-state index in [0.29, 0.717) is 69.9 Å². The van der Waals surface area contributed by atoms with Crippen LogP contribution < -0.4 is 19.8 Å². The van der Waals surface area contributed by atoms with Crippen LogP contribution in [0.4, 0.5) is 22.7 Å². The number of piperidine rings is 1. The van der Waals surface area contributed by atoms with E-state index in [2.05, 4.69) is 15.4 Å². The number of hydrazone groups is 1. The van der Waals surface area contributed by atoms with E-state index in [4.69, 9.17) is 9.47 Å². The van der Waals surface area contributed by atoms with Crippen molar-refractivity contribution in [2.45, 2.75) is 38.1 Å². The van der Waals surface area contributed by atoms with Gasteiger partial charge in [0.05, 0.1) is 27.7 Å². The van der Waals surface area contributed by atoms with Gasteiger partial charge < -0.3 is 19.3 Å². The van der Waals surface area contributed by atoms with Crippen molar-refractivity contribution >= 4 is 44.9 Å². The lowest BCUT2D eigenvalue weighted by molar-refractivity contribution is -0.385. The average molecular weight is 751 g/mol. The van der Waals surface area contributed by atoms with Crippen molar-refractivity contribution in [2.75, 3.05) is 69.5 Å². The molecule has 3 aromatic rings. The van der Waals surface area contributed by atoms with E-state index in [1.807, 2.05) is 36.9 Å². The van der Waals surface area contributed by atoms with Crippen LogP contribution in [0.2, 0.25) is 0 Å². The van der Waals surface area contributed by atoms with Gasteiger partial charge in [-0.2, -0.15) is 9.41 Å². The number of amides is 1. The number of anilines is 2. The molecule has 17 nitrogen and oxygen atoms in total. The number of rotatable bonds is 13. The van der Waals surface area contributed by atoms with E-state index in [1.165, 1.54) is 22.7 Å². The number of non-ortho nitro benzene ring substituents is 1. The number of sulfonamides is 1. The van der Waals surface area contributed by atoms with Gasteiger partial charge in [-0.3, -0.25) is 35.3 Å². The SMILES string of the molecule is CCN(CC)C(=O)[C@@H]1CCCN(S(=O)(=O)c2cc([N+](=O)[O-])ccc2N/N=C\c2ccc(N3CCN(Cc4ccc5c(c4)OCO5)CC3)c([N+](=O)[O-])c2)C1. The van der Waals surface area contributed by atoms with Crippen LogP contribution in [0.15, 0.2) is 64.6 Å². The molecule has 3 heterocycles. The minimum absolute atomic E-state index is 0.0196. The summed E-state index contributed by atoms with van der Waals surface area (Å²) in [5, 5.41) is 28.0. The van der Waals surface area contributed by atoms with E-state index < -0.39 is 31.5 Å². The molecule has 0 radical (unpaired) electrons. The first-order valence-corrected chi connectivity index (χ1v) is 18.9. The molecule has 0 aliphatic carbocycles. The zero-order valence-corrected chi connectivity index (χ0v) is 30.4. The topological polar surface area (TPSA) is 193 Å². The molecule has 18 heteroatoms. The Morgan fingerprint density at radius 2 is 1.72 bits per heavy atom. The number of benzene rings is 3. The Hall–Kier alpha value is -5.33. The summed E-state index contributed by atoms with van der Waals surface area (Å²) >= 11 is 0. The lowest BCUT2D eigenvalue weighted by Gasteiger charge is -2.35. The monoisotopic (exact) mass is 750 g/mol. The van der Waals surface area contributed by atoms with E-state index in [-0.39, 0.29) is 42.1 Å². The summed E-state index contributed by atoms with van der Waals surface area (Å²) < 4.78 is 40.0. The van der Waals surface area contributed by atoms with Crippen LogP contribution >= 0.6 is 0 Å². The number of ether oxygens (including phenoxy) is 2. The maximum Gasteiger partial charge on any atom is 0.293 e. The molecular weight excluding hydrogens is 708 g/mol. The Balaban J connectivity index is 1.15. The Kier molecular flexibility index (Phi) is 11.4. The molecule has 0 bridgehead atoms. The highest BCUT2D eigenvalue weighted by molar-refractivity contribution is 7.89. The molecule has 0 unspecified atom stereocenters. The fraction of sp³-hybridized carbons (Fsp3) is 0.429. The van der Waals surface area contributed by atoms with E-state index in [9.17, 15) is 33.4 Å². The smallest absolute Gasteiger partial charge is 0.293 e. The maximum atomic E-state index is 13.9. The van der Waals surface area contributed by atoms with Crippen LogP contribution in [0.1, 0.15) is 37.8 Å². The third-order valence-electron chi connectivity index (χ3n) is 9.75. The molecule has 53 heavy (non-hydrogen) atoms. The number of nitro benzene ring substituents is 2. The van der Waals surface area contributed by atoms with Gasteiger partial charge in [-0.15, -0.1) is 0 Å². The molecule has 0 saturated carbocycles. The lowest BCUT2D eigenvalue weighted by atomic mass is 9.98. The van der Waals surface area contributed by atoms with Crippen molar-refractivity contribution in [3.63, 3.8) is 0 Å². The van der Waals surface area contributed by atoms with Crippen LogP contribution in [0.3, 0.4) is 0 Å². The van der Waals surface area contributed by atoms with Crippen LogP contribution in [-0.4, -0.2) is 104 Å². The molecule has 0 aromatic heterocycles. The van der Waals surface area contributed by atoms with Gasteiger partial charge in [0.2, 0.25) is 22.7 Å². The second kappa shape index (κ2) is 16.1. The molecule has 1 N–H and O–H groups in total. The van der Waals surface area contributed by atoms with Crippen molar-refractivity contribution < 1.29 is 32.5 Å². The minimum atomic E-state index is -4.30.